The van der Waals surface area contributed by atoms with E-state index >= 15 is 0 Å². The number of halogens is 1. The Bertz CT molecular complexity index is 892. The quantitative estimate of drug-likeness (QED) is 0.846. The molecule has 134 valence electrons. The molecule has 0 bridgehead atoms. The van der Waals surface area contributed by atoms with Gasteiger partial charge in [-0.05, 0) is 32.0 Å². The lowest BCUT2D eigenvalue weighted by Gasteiger charge is -2.13. The predicted octanol–water partition coefficient (Wildman–Crippen LogP) is 2.25. The number of aromatic nitrogens is 1. The molecule has 0 radical (unpaired) electrons. The summed E-state index contributed by atoms with van der Waals surface area (Å²) in [5.74, 6) is 0.203. The van der Waals surface area contributed by atoms with Gasteiger partial charge in [0.15, 0.2) is 5.76 Å². The van der Waals surface area contributed by atoms with E-state index in [2.05, 4.69) is 9.88 Å². The summed E-state index contributed by atoms with van der Waals surface area (Å²) in [6.45, 7) is 3.21. The highest BCUT2D eigenvalue weighted by atomic mass is 35.5. The summed E-state index contributed by atoms with van der Waals surface area (Å²) in [6, 6.07) is 6.78. The minimum atomic E-state index is -3.81. The van der Waals surface area contributed by atoms with Crippen molar-refractivity contribution in [2.24, 2.45) is 0 Å². The highest BCUT2D eigenvalue weighted by Crippen LogP contribution is 2.25. The van der Waals surface area contributed by atoms with Crippen LogP contribution < -0.4 is 9.62 Å². The van der Waals surface area contributed by atoms with Gasteiger partial charge in [0.2, 0.25) is 10.0 Å². The molecule has 0 spiro atoms. The summed E-state index contributed by atoms with van der Waals surface area (Å²) in [5.41, 5.74) is 0.863. The van der Waals surface area contributed by atoms with Crippen LogP contribution in [-0.2, 0) is 14.8 Å². The molecule has 10 heteroatoms. The van der Waals surface area contributed by atoms with Crippen LogP contribution >= 0.6 is 11.6 Å². The molecule has 25 heavy (non-hydrogen) atoms. The highest BCUT2D eigenvalue weighted by Gasteiger charge is 2.34. The van der Waals surface area contributed by atoms with Crippen molar-refractivity contribution < 1.29 is 22.5 Å². The van der Waals surface area contributed by atoms with Crippen molar-refractivity contribution >= 4 is 33.4 Å². The number of aryl methyl sites for hydroxylation is 2. The molecule has 2 heterocycles. The molecular weight excluding hydrogens is 370 g/mol. The van der Waals surface area contributed by atoms with E-state index in [1.807, 2.05) is 0 Å². The van der Waals surface area contributed by atoms with Crippen LogP contribution in [0, 0.1) is 13.8 Å². The molecule has 0 aliphatic carbocycles. The first-order valence-corrected chi connectivity index (χ1v) is 9.30. The number of hydrogen-bond acceptors (Lipinski definition) is 6. The third-order valence-corrected chi connectivity index (χ3v) is 5.63. The number of rotatable bonds is 5. The number of ether oxygens (including phenoxy) is 1. The molecular formula is C15H16ClN3O5S. The largest absolute Gasteiger partial charge is 0.443 e. The number of cyclic esters (lactones) is 1. The van der Waals surface area contributed by atoms with Crippen LogP contribution in [0.1, 0.15) is 11.5 Å². The van der Waals surface area contributed by atoms with E-state index in [1.165, 1.54) is 11.8 Å². The summed E-state index contributed by atoms with van der Waals surface area (Å²) in [7, 11) is -3.81. The summed E-state index contributed by atoms with van der Waals surface area (Å²) in [4.78, 5) is 13.4. The molecule has 1 unspecified atom stereocenters. The molecule has 3 rings (SSSR count). The van der Waals surface area contributed by atoms with Gasteiger partial charge < -0.3 is 9.26 Å². The van der Waals surface area contributed by atoms with Gasteiger partial charge in [0.1, 0.15) is 16.7 Å². The van der Waals surface area contributed by atoms with Crippen LogP contribution in [0.25, 0.3) is 0 Å². The zero-order valence-electron chi connectivity index (χ0n) is 13.5. The maximum atomic E-state index is 12.4. The SMILES string of the molecule is Cc1noc(C)c1S(=O)(=O)NCC1CN(c2cccc(Cl)c2)C(=O)O1. The van der Waals surface area contributed by atoms with Gasteiger partial charge in [-0.1, -0.05) is 22.8 Å². The Kier molecular flexibility index (Phi) is 4.72. The molecule has 1 aliphatic rings. The van der Waals surface area contributed by atoms with E-state index in [1.54, 1.807) is 31.2 Å². The number of sulfonamides is 1. The van der Waals surface area contributed by atoms with Gasteiger partial charge in [0.25, 0.3) is 0 Å². The molecule has 2 aromatic rings. The van der Waals surface area contributed by atoms with Crippen molar-refractivity contribution in [1.82, 2.24) is 9.88 Å². The van der Waals surface area contributed by atoms with Crippen LogP contribution in [0.3, 0.4) is 0 Å². The van der Waals surface area contributed by atoms with Gasteiger partial charge in [-0.2, -0.15) is 0 Å². The monoisotopic (exact) mass is 385 g/mol. The normalized spacial score (nSPS) is 17.8. The van der Waals surface area contributed by atoms with Gasteiger partial charge >= 0.3 is 6.09 Å². The maximum Gasteiger partial charge on any atom is 0.414 e. The number of hydrogen-bond donors (Lipinski definition) is 1. The van der Waals surface area contributed by atoms with Gasteiger partial charge in [0, 0.05) is 17.3 Å². The fourth-order valence-electron chi connectivity index (χ4n) is 2.62. The molecule has 1 aromatic heterocycles. The number of carbonyl (C=O) groups excluding carboxylic acids is 1. The molecule has 8 nitrogen and oxygen atoms in total. The molecule has 0 saturated carbocycles. The van der Waals surface area contributed by atoms with Crippen LogP contribution in [0.4, 0.5) is 10.5 Å². The smallest absolute Gasteiger partial charge is 0.414 e. The molecule has 1 N–H and O–H groups in total. The van der Waals surface area contributed by atoms with Crippen molar-refractivity contribution in [3.63, 3.8) is 0 Å². The zero-order chi connectivity index (χ0) is 18.2. The van der Waals surface area contributed by atoms with Crippen molar-refractivity contribution in [2.45, 2.75) is 24.8 Å². The number of anilines is 1. The number of nitrogens with one attached hydrogen (secondary N) is 1. The fraction of sp³-hybridized carbons (Fsp3) is 0.333. The van der Waals surface area contributed by atoms with E-state index in [0.717, 1.165) is 0 Å². The number of amides is 1. The third-order valence-electron chi connectivity index (χ3n) is 3.73. The Labute approximate surface area is 149 Å². The highest BCUT2D eigenvalue weighted by molar-refractivity contribution is 7.89. The number of benzene rings is 1. The van der Waals surface area contributed by atoms with Crippen LogP contribution in [0.15, 0.2) is 33.7 Å². The average molecular weight is 386 g/mol. The van der Waals surface area contributed by atoms with Crippen LogP contribution in [0.5, 0.6) is 0 Å². The minimum absolute atomic E-state index is 0.00326. The van der Waals surface area contributed by atoms with Gasteiger partial charge in [-0.3, -0.25) is 4.90 Å². The summed E-state index contributed by atoms with van der Waals surface area (Å²) in [5, 5.41) is 4.13. The van der Waals surface area contributed by atoms with Gasteiger partial charge in [-0.25, -0.2) is 17.9 Å². The first kappa shape index (κ1) is 17.7. The Morgan fingerprint density at radius 1 is 1.40 bits per heavy atom. The van der Waals surface area contributed by atoms with Crippen molar-refractivity contribution in [1.29, 1.82) is 0 Å². The second kappa shape index (κ2) is 6.66. The Morgan fingerprint density at radius 3 is 2.80 bits per heavy atom. The maximum absolute atomic E-state index is 12.4. The Balaban J connectivity index is 1.68. The van der Waals surface area contributed by atoms with E-state index in [4.69, 9.17) is 20.9 Å². The van der Waals surface area contributed by atoms with E-state index in [9.17, 15) is 13.2 Å². The minimum Gasteiger partial charge on any atom is -0.443 e. The Morgan fingerprint density at radius 2 is 2.16 bits per heavy atom. The zero-order valence-corrected chi connectivity index (χ0v) is 15.1. The topological polar surface area (TPSA) is 102 Å². The lowest BCUT2D eigenvalue weighted by molar-refractivity contribution is 0.143. The number of carbonyl (C=O) groups is 1. The molecule has 1 fully saturated rings. The van der Waals surface area contributed by atoms with Gasteiger partial charge in [0.05, 0.1) is 6.54 Å². The van der Waals surface area contributed by atoms with E-state index in [-0.39, 0.29) is 29.4 Å². The molecule has 1 atom stereocenters. The van der Waals surface area contributed by atoms with Crippen LogP contribution in [-0.4, -0.2) is 38.9 Å². The predicted molar refractivity (Wildman–Crippen MR) is 90.2 cm³/mol. The van der Waals surface area contributed by atoms with Gasteiger partial charge in [-0.15, -0.1) is 0 Å². The lowest BCUT2D eigenvalue weighted by Crippen LogP contribution is -2.35. The number of nitrogens with zero attached hydrogens (tertiary/aromatic N) is 2. The molecule has 1 amide bonds. The molecule has 1 aliphatic heterocycles. The van der Waals surface area contributed by atoms with Crippen molar-refractivity contribution in [3.05, 3.63) is 40.7 Å². The fourth-order valence-corrected chi connectivity index (χ4v) is 4.19. The Hall–Kier alpha value is -2.10. The van der Waals surface area contributed by atoms with Crippen LogP contribution in [0.2, 0.25) is 5.02 Å². The van der Waals surface area contributed by atoms with Crippen molar-refractivity contribution in [3.8, 4) is 0 Å². The van der Waals surface area contributed by atoms with E-state index in [0.29, 0.717) is 10.7 Å². The molecule has 1 aromatic carbocycles. The second-order valence-electron chi connectivity index (χ2n) is 5.60. The van der Waals surface area contributed by atoms with Crippen molar-refractivity contribution in [2.75, 3.05) is 18.0 Å². The average Bonchev–Trinajstić information content (AvgIpc) is 3.08. The third kappa shape index (κ3) is 3.63. The summed E-state index contributed by atoms with van der Waals surface area (Å²) >= 11 is 5.93. The second-order valence-corrected chi connectivity index (χ2v) is 7.74. The first-order valence-electron chi connectivity index (χ1n) is 7.44. The first-order chi connectivity index (χ1) is 11.8. The lowest BCUT2D eigenvalue weighted by atomic mass is 10.3. The van der Waals surface area contributed by atoms with E-state index < -0.39 is 22.2 Å². The molecule has 1 saturated heterocycles. The summed E-state index contributed by atoms with van der Waals surface area (Å²) in [6.07, 6.45) is -1.18. The summed E-state index contributed by atoms with van der Waals surface area (Å²) < 4.78 is 37.3. The standard InChI is InChI=1S/C15H16ClN3O5S/c1-9-14(10(2)24-18-9)25(21,22)17-7-13-8-19(15(20)23-13)12-5-3-4-11(16)6-12/h3-6,13,17H,7-8H2,1-2H3.